The van der Waals surface area contributed by atoms with Crippen LogP contribution in [0.4, 0.5) is 5.69 Å². The number of carbonyl (C=O) groups excluding carboxylic acids is 1. The summed E-state index contributed by atoms with van der Waals surface area (Å²) < 4.78 is 0. The van der Waals surface area contributed by atoms with Gasteiger partial charge in [-0.1, -0.05) is 28.1 Å². The van der Waals surface area contributed by atoms with Crippen LogP contribution in [0.5, 0.6) is 5.88 Å². The second-order valence-corrected chi connectivity index (χ2v) is 7.04. The summed E-state index contributed by atoms with van der Waals surface area (Å²) in [7, 11) is 0. The quantitative estimate of drug-likeness (QED) is 0.405. The number of nitrogens with one attached hydrogen (secondary N) is 3. The van der Waals surface area contributed by atoms with Gasteiger partial charge in [0.15, 0.2) is 5.88 Å². The third kappa shape index (κ3) is 3.61. The predicted molar refractivity (Wildman–Crippen MR) is 100 cm³/mol. The molecule has 0 bridgehead atoms. The fourth-order valence-electron chi connectivity index (χ4n) is 3.33. The molecule has 140 valence electrons. The van der Waals surface area contributed by atoms with Crippen LogP contribution in [-0.4, -0.2) is 44.0 Å². The highest BCUT2D eigenvalue weighted by Crippen LogP contribution is 2.37. The maximum atomic E-state index is 12.4. The molecule has 1 aliphatic heterocycles. The maximum absolute atomic E-state index is 12.4. The number of alkyl halides is 1. The average Bonchev–Trinajstić information content (AvgIpc) is 2.58. The van der Waals surface area contributed by atoms with Gasteiger partial charge in [0.05, 0.1) is 0 Å². The second kappa shape index (κ2) is 7.75. The lowest BCUT2D eigenvalue weighted by Gasteiger charge is -2.33. The number of hydrogen-bond acceptors (Lipinski definition) is 6. The second-order valence-electron chi connectivity index (χ2n) is 6.25. The molecule has 3 rings (SSSR count). The lowest BCUT2D eigenvalue weighted by atomic mass is 9.86. The number of H-pyrrole nitrogens is 1. The van der Waals surface area contributed by atoms with Crippen molar-refractivity contribution in [1.82, 2.24) is 10.3 Å². The minimum atomic E-state index is -1.02. The summed E-state index contributed by atoms with van der Waals surface area (Å²) in [6.45, 7) is 0. The van der Waals surface area contributed by atoms with Crippen molar-refractivity contribution < 1.29 is 20.1 Å². The number of aromatic amines is 1. The molecule has 2 aromatic rings. The molecular weight excluding hydrogens is 406 g/mol. The minimum Gasteiger partial charge on any atom is -0.494 e. The first-order valence-corrected chi connectivity index (χ1v) is 9.40. The molecule has 2 heterocycles. The molecule has 8 nitrogen and oxygen atoms in total. The number of anilines is 1. The highest BCUT2D eigenvalue weighted by molar-refractivity contribution is 9.09. The van der Waals surface area contributed by atoms with Crippen molar-refractivity contribution in [1.29, 1.82) is 0 Å². The molecule has 3 atom stereocenters. The molecule has 0 aliphatic carbocycles. The van der Waals surface area contributed by atoms with E-state index in [0.29, 0.717) is 34.5 Å². The Morgan fingerprint density at radius 1 is 1.31 bits per heavy atom. The number of carbonyl (C=O) groups is 1. The van der Waals surface area contributed by atoms with Gasteiger partial charge in [0.2, 0.25) is 5.91 Å². The van der Waals surface area contributed by atoms with Crippen LogP contribution in [0.1, 0.15) is 30.7 Å². The Hall–Kier alpha value is -1.94. The van der Waals surface area contributed by atoms with Crippen LogP contribution in [-0.2, 0) is 4.79 Å². The number of pyridine rings is 1. The average molecular weight is 426 g/mol. The monoisotopic (exact) mass is 425 g/mol. The number of aromatic hydroxyl groups is 1. The van der Waals surface area contributed by atoms with Crippen LogP contribution < -0.4 is 16.2 Å². The molecule has 1 amide bonds. The summed E-state index contributed by atoms with van der Waals surface area (Å²) in [5.74, 6) is -1.05. The van der Waals surface area contributed by atoms with E-state index in [1.165, 1.54) is 0 Å². The third-order valence-corrected chi connectivity index (χ3v) is 4.94. The molecule has 26 heavy (non-hydrogen) atoms. The summed E-state index contributed by atoms with van der Waals surface area (Å²) in [5.41, 5.74) is 0.0336. The zero-order chi connectivity index (χ0) is 18.8. The van der Waals surface area contributed by atoms with Gasteiger partial charge >= 0.3 is 0 Å². The largest absolute Gasteiger partial charge is 0.494 e. The van der Waals surface area contributed by atoms with Gasteiger partial charge in [-0.05, 0) is 24.5 Å². The molecule has 0 saturated carbocycles. The van der Waals surface area contributed by atoms with E-state index in [2.05, 4.69) is 31.5 Å². The van der Waals surface area contributed by atoms with E-state index < -0.39 is 23.9 Å². The summed E-state index contributed by atoms with van der Waals surface area (Å²) in [6.07, 6.45) is -0.720. The molecule has 0 radical (unpaired) electrons. The van der Waals surface area contributed by atoms with E-state index in [9.17, 15) is 24.9 Å². The summed E-state index contributed by atoms with van der Waals surface area (Å²) in [5, 5.41) is 36.6. The Labute approximate surface area is 157 Å². The van der Waals surface area contributed by atoms with Gasteiger partial charge in [-0.25, -0.2) is 0 Å². The summed E-state index contributed by atoms with van der Waals surface area (Å²) >= 11 is 3.18. The van der Waals surface area contributed by atoms with E-state index in [1.807, 2.05) is 0 Å². The van der Waals surface area contributed by atoms with E-state index in [0.717, 1.165) is 0 Å². The first-order valence-electron chi connectivity index (χ1n) is 8.28. The molecule has 0 spiro atoms. The molecule has 1 aromatic heterocycles. The van der Waals surface area contributed by atoms with Crippen molar-refractivity contribution in [3.8, 4) is 5.88 Å². The number of fused-ring (bicyclic) bond motifs is 1. The lowest BCUT2D eigenvalue weighted by molar-refractivity contribution is -0.115. The standard InChI is InChI=1S/C17H20BrN3O5/c18-7-6-12(23)19-14-13-8(9-4-5-11(22)20-15(9)24)2-1-3-10(13)16(25)21-17(14)26/h1-3,9,11,15,20,22,24H,4-7H2,(H,19,23)(H2,21,25,26). The Morgan fingerprint density at radius 3 is 2.77 bits per heavy atom. The van der Waals surface area contributed by atoms with Gasteiger partial charge in [-0.15, -0.1) is 0 Å². The lowest BCUT2D eigenvalue weighted by Crippen LogP contribution is -2.46. The van der Waals surface area contributed by atoms with Crippen molar-refractivity contribution in [3.05, 3.63) is 34.1 Å². The topological polar surface area (TPSA) is 135 Å². The van der Waals surface area contributed by atoms with Crippen molar-refractivity contribution in [2.75, 3.05) is 10.6 Å². The van der Waals surface area contributed by atoms with Gasteiger partial charge in [0, 0.05) is 28.4 Å². The number of aromatic nitrogens is 1. The zero-order valence-electron chi connectivity index (χ0n) is 13.8. The summed E-state index contributed by atoms with van der Waals surface area (Å²) in [6, 6.07) is 5.08. The number of amides is 1. The van der Waals surface area contributed by atoms with E-state index in [4.69, 9.17) is 0 Å². The maximum Gasteiger partial charge on any atom is 0.275 e. The van der Waals surface area contributed by atoms with Crippen molar-refractivity contribution in [3.63, 3.8) is 0 Å². The first-order chi connectivity index (χ1) is 12.4. The van der Waals surface area contributed by atoms with Gasteiger partial charge < -0.3 is 20.6 Å². The number of aliphatic hydroxyl groups is 2. The molecular formula is C17H20BrN3O5. The van der Waals surface area contributed by atoms with Crippen LogP contribution >= 0.6 is 15.9 Å². The van der Waals surface area contributed by atoms with Crippen LogP contribution in [0.3, 0.4) is 0 Å². The SMILES string of the molecule is O=C(CCBr)Nc1c(=O)[nH]c(O)c2cccc(C3CCC(O)NC3O)c12. The van der Waals surface area contributed by atoms with Crippen molar-refractivity contribution in [2.45, 2.75) is 37.6 Å². The smallest absolute Gasteiger partial charge is 0.275 e. The first kappa shape index (κ1) is 18.8. The molecule has 1 aromatic carbocycles. The van der Waals surface area contributed by atoms with Crippen molar-refractivity contribution in [2.24, 2.45) is 0 Å². The Kier molecular flexibility index (Phi) is 5.61. The van der Waals surface area contributed by atoms with Crippen LogP contribution in [0.15, 0.2) is 23.0 Å². The molecule has 1 aliphatic rings. The number of aliphatic hydroxyl groups excluding tert-OH is 2. The van der Waals surface area contributed by atoms with E-state index >= 15 is 0 Å². The van der Waals surface area contributed by atoms with Gasteiger partial charge in [-0.2, -0.15) is 0 Å². The fraction of sp³-hybridized carbons (Fsp3) is 0.412. The Morgan fingerprint density at radius 2 is 2.08 bits per heavy atom. The predicted octanol–water partition coefficient (Wildman–Crippen LogP) is 1.06. The zero-order valence-corrected chi connectivity index (χ0v) is 15.4. The van der Waals surface area contributed by atoms with Gasteiger partial charge in [0.25, 0.3) is 5.56 Å². The van der Waals surface area contributed by atoms with E-state index in [1.54, 1.807) is 18.2 Å². The van der Waals surface area contributed by atoms with E-state index in [-0.39, 0.29) is 23.9 Å². The molecule has 9 heteroatoms. The van der Waals surface area contributed by atoms with Crippen LogP contribution in [0.25, 0.3) is 10.8 Å². The molecule has 6 N–H and O–H groups in total. The third-order valence-electron chi connectivity index (χ3n) is 4.54. The minimum absolute atomic E-state index is 0.0395. The van der Waals surface area contributed by atoms with Gasteiger partial charge in [0.1, 0.15) is 18.1 Å². The highest BCUT2D eigenvalue weighted by Gasteiger charge is 2.31. The fourth-order valence-corrected chi connectivity index (χ4v) is 3.69. The molecule has 3 unspecified atom stereocenters. The Balaban J connectivity index is 2.17. The Bertz CT molecular complexity index is 885. The number of piperidine rings is 1. The highest BCUT2D eigenvalue weighted by atomic mass is 79.9. The van der Waals surface area contributed by atoms with Gasteiger partial charge in [-0.3, -0.25) is 19.9 Å². The summed E-state index contributed by atoms with van der Waals surface area (Å²) in [4.78, 5) is 26.8. The number of benzene rings is 1. The molecule has 1 fully saturated rings. The van der Waals surface area contributed by atoms with Crippen molar-refractivity contribution >= 4 is 38.3 Å². The number of rotatable bonds is 4. The van der Waals surface area contributed by atoms with Crippen LogP contribution in [0, 0.1) is 0 Å². The number of halogens is 1. The normalized spacial score (nSPS) is 23.1. The molecule has 1 saturated heterocycles. The van der Waals surface area contributed by atoms with Crippen LogP contribution in [0.2, 0.25) is 0 Å². The number of hydrogen-bond donors (Lipinski definition) is 6.